The summed E-state index contributed by atoms with van der Waals surface area (Å²) < 4.78 is 19.8. The van der Waals surface area contributed by atoms with Gasteiger partial charge in [-0.2, -0.15) is 0 Å². The first kappa shape index (κ1) is 13.3. The summed E-state index contributed by atoms with van der Waals surface area (Å²) in [5, 5.41) is 0. The van der Waals surface area contributed by atoms with Crippen LogP contribution in [0, 0.1) is 5.82 Å². The minimum atomic E-state index is -0.326. The molecule has 0 aromatic heterocycles. The monoisotopic (exact) mass is 252 g/mol. The van der Waals surface area contributed by atoms with Crippen molar-refractivity contribution in [1.82, 2.24) is 4.90 Å². The van der Waals surface area contributed by atoms with E-state index in [4.69, 9.17) is 10.5 Å². The number of hydrogen-bond donors (Lipinski definition) is 1. The fraction of sp³-hybridized carbons (Fsp3) is 0.571. The van der Waals surface area contributed by atoms with E-state index in [1.807, 2.05) is 13.0 Å². The van der Waals surface area contributed by atoms with Gasteiger partial charge in [0, 0.05) is 13.1 Å². The maximum absolute atomic E-state index is 13.9. The van der Waals surface area contributed by atoms with Crippen molar-refractivity contribution in [2.45, 2.75) is 31.9 Å². The lowest BCUT2D eigenvalue weighted by atomic mass is 9.95. The fourth-order valence-corrected chi connectivity index (χ4v) is 2.55. The number of benzene rings is 1. The van der Waals surface area contributed by atoms with Crippen LogP contribution >= 0.6 is 0 Å². The number of nitrogens with zero attached hydrogens (tertiary/aromatic N) is 1. The van der Waals surface area contributed by atoms with Crippen molar-refractivity contribution in [2.24, 2.45) is 5.73 Å². The van der Waals surface area contributed by atoms with Crippen molar-refractivity contribution in [3.8, 4) is 5.75 Å². The molecule has 1 aromatic rings. The molecule has 0 saturated carbocycles. The molecular weight excluding hydrogens is 231 g/mol. The Kier molecular flexibility index (Phi) is 3.88. The lowest BCUT2D eigenvalue weighted by molar-refractivity contribution is 0.0126. The first-order valence-corrected chi connectivity index (χ1v) is 6.38. The van der Waals surface area contributed by atoms with Gasteiger partial charge >= 0.3 is 0 Å². The normalized spacial score (nSPS) is 25.1. The molecule has 1 unspecified atom stereocenters. The Morgan fingerprint density at radius 1 is 1.50 bits per heavy atom. The number of likely N-dealkylation sites (tertiary alicyclic amines) is 1. The molecule has 0 radical (unpaired) electrons. The molecule has 0 amide bonds. The maximum atomic E-state index is 13.9. The zero-order valence-electron chi connectivity index (χ0n) is 11.1. The fourth-order valence-electron chi connectivity index (χ4n) is 2.55. The van der Waals surface area contributed by atoms with E-state index in [1.54, 1.807) is 6.07 Å². The van der Waals surface area contributed by atoms with Gasteiger partial charge in [0.25, 0.3) is 0 Å². The summed E-state index contributed by atoms with van der Waals surface area (Å²) in [6.07, 6.45) is 2.03. The minimum absolute atomic E-state index is 0.307. The third-order valence-corrected chi connectivity index (χ3v) is 3.44. The second kappa shape index (κ2) is 5.24. The van der Waals surface area contributed by atoms with Crippen molar-refractivity contribution < 1.29 is 9.13 Å². The first-order chi connectivity index (χ1) is 8.52. The average Bonchev–Trinajstić information content (AvgIpc) is 2.31. The first-order valence-electron chi connectivity index (χ1n) is 6.38. The Balaban J connectivity index is 2.13. The third-order valence-electron chi connectivity index (χ3n) is 3.44. The molecule has 0 spiro atoms. The predicted molar refractivity (Wildman–Crippen MR) is 70.1 cm³/mol. The summed E-state index contributed by atoms with van der Waals surface area (Å²) in [6, 6.07) is 4.94. The molecule has 1 saturated heterocycles. The van der Waals surface area contributed by atoms with Gasteiger partial charge < -0.3 is 15.4 Å². The highest BCUT2D eigenvalue weighted by Gasteiger charge is 2.32. The highest BCUT2D eigenvalue weighted by atomic mass is 19.1. The number of halogens is 1. The third kappa shape index (κ3) is 3.00. The van der Waals surface area contributed by atoms with Crippen molar-refractivity contribution >= 4 is 0 Å². The molecule has 1 aromatic carbocycles. The molecule has 1 fully saturated rings. The molecule has 18 heavy (non-hydrogen) atoms. The second-order valence-corrected chi connectivity index (χ2v) is 5.36. The van der Waals surface area contributed by atoms with Crippen LogP contribution in [0.1, 0.15) is 25.3 Å². The van der Waals surface area contributed by atoms with Crippen molar-refractivity contribution in [2.75, 3.05) is 20.1 Å². The molecule has 1 atom stereocenters. The lowest BCUT2D eigenvalue weighted by Gasteiger charge is -2.39. The average molecular weight is 252 g/mol. The van der Waals surface area contributed by atoms with Crippen LogP contribution in [0.3, 0.4) is 0 Å². The summed E-state index contributed by atoms with van der Waals surface area (Å²) in [5.74, 6) is -0.00241. The van der Waals surface area contributed by atoms with E-state index in [1.165, 1.54) is 6.07 Å². The van der Waals surface area contributed by atoms with E-state index in [9.17, 15) is 4.39 Å². The largest absolute Gasteiger partial charge is 0.483 e. The highest BCUT2D eigenvalue weighted by molar-refractivity contribution is 5.30. The van der Waals surface area contributed by atoms with Gasteiger partial charge in [0.1, 0.15) is 5.60 Å². The molecule has 100 valence electrons. The van der Waals surface area contributed by atoms with E-state index in [-0.39, 0.29) is 11.4 Å². The van der Waals surface area contributed by atoms with Crippen LogP contribution in [-0.2, 0) is 6.54 Å². The van der Waals surface area contributed by atoms with Crippen molar-refractivity contribution in [3.05, 3.63) is 29.6 Å². The van der Waals surface area contributed by atoms with Gasteiger partial charge in [0.05, 0.1) is 0 Å². The zero-order valence-corrected chi connectivity index (χ0v) is 11.1. The Hall–Kier alpha value is -1.13. The summed E-state index contributed by atoms with van der Waals surface area (Å²) in [6.45, 7) is 4.29. The highest BCUT2D eigenvalue weighted by Crippen LogP contribution is 2.28. The SMILES string of the molecule is CN1CCCC(C)(Oc2ccc(CN)cc2F)C1. The van der Waals surface area contributed by atoms with Crippen LogP contribution in [0.25, 0.3) is 0 Å². The van der Waals surface area contributed by atoms with E-state index in [0.29, 0.717) is 12.3 Å². The van der Waals surface area contributed by atoms with Gasteiger partial charge in [-0.05, 0) is 51.1 Å². The Morgan fingerprint density at radius 2 is 2.28 bits per heavy atom. The quantitative estimate of drug-likeness (QED) is 0.895. The molecule has 4 heteroatoms. The van der Waals surface area contributed by atoms with Gasteiger partial charge in [0.15, 0.2) is 11.6 Å². The maximum Gasteiger partial charge on any atom is 0.165 e. The van der Waals surface area contributed by atoms with Crippen LogP contribution in [0.5, 0.6) is 5.75 Å². The lowest BCUT2D eigenvalue weighted by Crippen LogP contribution is -2.48. The number of likely N-dealkylation sites (N-methyl/N-ethyl adjacent to an activating group) is 1. The second-order valence-electron chi connectivity index (χ2n) is 5.36. The number of ether oxygens (including phenoxy) is 1. The molecule has 1 aliphatic rings. The molecule has 2 N–H and O–H groups in total. The van der Waals surface area contributed by atoms with Gasteiger partial charge in [-0.25, -0.2) is 4.39 Å². The summed E-state index contributed by atoms with van der Waals surface area (Å²) in [7, 11) is 2.06. The van der Waals surface area contributed by atoms with Gasteiger partial charge in [-0.3, -0.25) is 0 Å². The van der Waals surface area contributed by atoms with Gasteiger partial charge in [-0.15, -0.1) is 0 Å². The van der Waals surface area contributed by atoms with Crippen LogP contribution in [0.15, 0.2) is 18.2 Å². The molecule has 1 aliphatic heterocycles. The van der Waals surface area contributed by atoms with Gasteiger partial charge in [0.2, 0.25) is 0 Å². The minimum Gasteiger partial charge on any atom is -0.483 e. The van der Waals surface area contributed by atoms with Crippen LogP contribution in [0.4, 0.5) is 4.39 Å². The molecule has 0 bridgehead atoms. The van der Waals surface area contributed by atoms with E-state index >= 15 is 0 Å². The molecule has 0 aliphatic carbocycles. The zero-order chi connectivity index (χ0) is 13.2. The van der Waals surface area contributed by atoms with E-state index < -0.39 is 0 Å². The topological polar surface area (TPSA) is 38.5 Å². The van der Waals surface area contributed by atoms with Crippen LogP contribution in [-0.4, -0.2) is 30.6 Å². The van der Waals surface area contributed by atoms with Gasteiger partial charge in [-0.1, -0.05) is 6.07 Å². The number of nitrogens with two attached hydrogens (primary N) is 1. The van der Waals surface area contributed by atoms with Crippen LogP contribution in [0.2, 0.25) is 0 Å². The molecule has 1 heterocycles. The summed E-state index contributed by atoms with van der Waals surface area (Å²) in [4.78, 5) is 2.22. The number of piperidine rings is 1. The molecular formula is C14H21FN2O. The summed E-state index contributed by atoms with van der Waals surface area (Å²) >= 11 is 0. The molecule has 2 rings (SSSR count). The molecule has 3 nitrogen and oxygen atoms in total. The van der Waals surface area contributed by atoms with Crippen molar-refractivity contribution in [1.29, 1.82) is 0 Å². The Bertz CT molecular complexity index is 424. The van der Waals surface area contributed by atoms with E-state index in [0.717, 1.165) is 31.5 Å². The number of hydrogen-bond acceptors (Lipinski definition) is 3. The Morgan fingerprint density at radius 3 is 2.89 bits per heavy atom. The van der Waals surface area contributed by atoms with Crippen molar-refractivity contribution in [3.63, 3.8) is 0 Å². The van der Waals surface area contributed by atoms with E-state index in [2.05, 4.69) is 11.9 Å². The summed E-state index contributed by atoms with van der Waals surface area (Å²) in [5.41, 5.74) is 5.96. The predicted octanol–water partition coefficient (Wildman–Crippen LogP) is 2.15. The Labute approximate surface area is 108 Å². The van der Waals surface area contributed by atoms with Crippen LogP contribution < -0.4 is 10.5 Å². The number of rotatable bonds is 3. The smallest absolute Gasteiger partial charge is 0.165 e. The standard InChI is InChI=1S/C14H21FN2O/c1-14(6-3-7-17(2)10-14)18-13-5-4-11(9-16)8-12(13)15/h4-5,8H,3,6-7,9-10,16H2,1-2H3.